The highest BCUT2D eigenvalue weighted by Crippen LogP contribution is 2.24. The van der Waals surface area contributed by atoms with E-state index in [1.54, 1.807) is 21.7 Å². The van der Waals surface area contributed by atoms with Gasteiger partial charge in [-0.15, -0.1) is 5.10 Å². The molecule has 1 saturated heterocycles. The van der Waals surface area contributed by atoms with Crippen LogP contribution < -0.4 is 9.64 Å². The van der Waals surface area contributed by atoms with Crippen molar-refractivity contribution in [3.8, 4) is 11.4 Å². The number of fused-ring (bicyclic) bond motifs is 1. The standard InChI is InChI=1S/C23H22FN7O2/c1-2-33-19-8-6-18(7-9-19)31-22-20(27-28-31)21(25-15-26-22)29-10-12-30(13-11-29)23(32)16-4-3-5-17(24)14-16/h3-9,14-15H,2,10-13H2,1H3. The van der Waals surface area contributed by atoms with Gasteiger partial charge >= 0.3 is 0 Å². The first-order valence-corrected chi connectivity index (χ1v) is 10.7. The number of benzene rings is 2. The van der Waals surface area contributed by atoms with Crippen LogP contribution in [0.3, 0.4) is 0 Å². The van der Waals surface area contributed by atoms with Gasteiger partial charge in [-0.25, -0.2) is 14.4 Å². The molecule has 4 aromatic rings. The molecule has 2 aromatic carbocycles. The van der Waals surface area contributed by atoms with Gasteiger partial charge in [-0.2, -0.15) is 4.68 Å². The number of amides is 1. The van der Waals surface area contributed by atoms with Gasteiger partial charge in [0.1, 0.15) is 17.9 Å². The summed E-state index contributed by atoms with van der Waals surface area (Å²) in [7, 11) is 0. The molecule has 1 aliphatic heterocycles. The molecule has 1 fully saturated rings. The molecule has 0 spiro atoms. The summed E-state index contributed by atoms with van der Waals surface area (Å²) in [5.74, 6) is 0.864. The van der Waals surface area contributed by atoms with E-state index < -0.39 is 5.82 Å². The Morgan fingerprint density at radius 3 is 2.58 bits per heavy atom. The highest BCUT2D eigenvalue weighted by Gasteiger charge is 2.25. The second-order valence-corrected chi connectivity index (χ2v) is 7.59. The predicted octanol–water partition coefficient (Wildman–Crippen LogP) is 2.71. The van der Waals surface area contributed by atoms with E-state index in [9.17, 15) is 9.18 Å². The molecule has 1 amide bonds. The van der Waals surface area contributed by atoms with Crippen LogP contribution in [0.25, 0.3) is 16.9 Å². The lowest BCUT2D eigenvalue weighted by atomic mass is 10.1. The molecule has 3 heterocycles. The Bertz CT molecular complexity index is 1280. The van der Waals surface area contributed by atoms with Crippen LogP contribution in [0.4, 0.5) is 10.2 Å². The molecule has 10 heteroatoms. The molecule has 0 unspecified atom stereocenters. The van der Waals surface area contributed by atoms with Gasteiger partial charge in [0.2, 0.25) is 0 Å². The zero-order valence-electron chi connectivity index (χ0n) is 18.1. The number of hydrogen-bond donors (Lipinski definition) is 0. The Hall–Kier alpha value is -4.08. The van der Waals surface area contributed by atoms with Crippen LogP contribution in [0.15, 0.2) is 54.9 Å². The average molecular weight is 447 g/mol. The third kappa shape index (κ3) is 4.07. The van der Waals surface area contributed by atoms with Crippen LogP contribution in [0.2, 0.25) is 0 Å². The molecule has 5 rings (SSSR count). The SMILES string of the molecule is CCOc1ccc(-n2nnc3c(N4CCN(C(=O)c5cccc(F)c5)CC4)ncnc32)cc1. The molecule has 0 bridgehead atoms. The van der Waals surface area contributed by atoms with Gasteiger partial charge in [-0.3, -0.25) is 4.79 Å². The van der Waals surface area contributed by atoms with E-state index in [-0.39, 0.29) is 5.91 Å². The van der Waals surface area contributed by atoms with Crippen LogP contribution in [0.1, 0.15) is 17.3 Å². The van der Waals surface area contributed by atoms with Gasteiger partial charge in [0, 0.05) is 31.7 Å². The smallest absolute Gasteiger partial charge is 0.254 e. The monoisotopic (exact) mass is 447 g/mol. The van der Waals surface area contributed by atoms with Crippen molar-refractivity contribution in [3.05, 3.63) is 66.2 Å². The molecule has 1 aliphatic rings. The molecular formula is C23H22FN7O2. The number of carbonyl (C=O) groups is 1. The van der Waals surface area contributed by atoms with Crippen molar-refractivity contribution in [2.24, 2.45) is 0 Å². The van der Waals surface area contributed by atoms with Gasteiger partial charge in [-0.05, 0) is 49.4 Å². The summed E-state index contributed by atoms with van der Waals surface area (Å²) in [6.07, 6.45) is 1.50. The first-order valence-electron chi connectivity index (χ1n) is 10.7. The molecule has 0 aliphatic carbocycles. The molecule has 0 saturated carbocycles. The quantitative estimate of drug-likeness (QED) is 0.465. The van der Waals surface area contributed by atoms with E-state index in [1.807, 2.05) is 31.2 Å². The van der Waals surface area contributed by atoms with E-state index in [0.717, 1.165) is 11.4 Å². The highest BCUT2D eigenvalue weighted by molar-refractivity contribution is 5.94. The topological polar surface area (TPSA) is 89.3 Å². The van der Waals surface area contributed by atoms with E-state index >= 15 is 0 Å². The van der Waals surface area contributed by atoms with Crippen molar-refractivity contribution >= 4 is 22.9 Å². The Morgan fingerprint density at radius 1 is 1.06 bits per heavy atom. The number of hydrogen-bond acceptors (Lipinski definition) is 7. The number of piperazine rings is 1. The summed E-state index contributed by atoms with van der Waals surface area (Å²) in [5, 5.41) is 8.62. The van der Waals surface area contributed by atoms with E-state index in [2.05, 4.69) is 25.2 Å². The summed E-state index contributed by atoms with van der Waals surface area (Å²) < 4.78 is 20.7. The Labute approximate surface area is 189 Å². The van der Waals surface area contributed by atoms with Gasteiger partial charge in [-0.1, -0.05) is 11.3 Å². The van der Waals surface area contributed by atoms with Crippen LogP contribution >= 0.6 is 0 Å². The highest BCUT2D eigenvalue weighted by atomic mass is 19.1. The van der Waals surface area contributed by atoms with Crippen molar-refractivity contribution in [1.82, 2.24) is 29.9 Å². The van der Waals surface area contributed by atoms with Crippen molar-refractivity contribution in [1.29, 1.82) is 0 Å². The van der Waals surface area contributed by atoms with Crippen LogP contribution in [0.5, 0.6) is 5.75 Å². The van der Waals surface area contributed by atoms with Crippen molar-refractivity contribution in [2.75, 3.05) is 37.7 Å². The van der Waals surface area contributed by atoms with Gasteiger partial charge in [0.25, 0.3) is 5.91 Å². The maximum Gasteiger partial charge on any atom is 0.254 e. The number of halogens is 1. The molecule has 9 nitrogen and oxygen atoms in total. The van der Waals surface area contributed by atoms with Crippen molar-refractivity contribution < 1.29 is 13.9 Å². The van der Waals surface area contributed by atoms with Crippen LogP contribution in [-0.4, -0.2) is 68.6 Å². The number of aromatic nitrogens is 5. The van der Waals surface area contributed by atoms with Gasteiger partial charge in [0.05, 0.1) is 12.3 Å². The van der Waals surface area contributed by atoms with E-state index in [0.29, 0.717) is 55.3 Å². The third-order valence-corrected chi connectivity index (χ3v) is 5.55. The van der Waals surface area contributed by atoms with Gasteiger partial charge in [0.15, 0.2) is 17.0 Å². The fourth-order valence-corrected chi connectivity index (χ4v) is 3.92. The number of nitrogens with zero attached hydrogens (tertiary/aromatic N) is 7. The number of anilines is 1. The lowest BCUT2D eigenvalue weighted by molar-refractivity contribution is 0.0746. The fraction of sp³-hybridized carbons (Fsp3) is 0.261. The minimum absolute atomic E-state index is 0.177. The lowest BCUT2D eigenvalue weighted by Gasteiger charge is -2.35. The van der Waals surface area contributed by atoms with Crippen molar-refractivity contribution in [3.63, 3.8) is 0 Å². The first kappa shape index (κ1) is 20.8. The predicted molar refractivity (Wildman–Crippen MR) is 120 cm³/mol. The lowest BCUT2D eigenvalue weighted by Crippen LogP contribution is -2.49. The fourth-order valence-electron chi connectivity index (χ4n) is 3.92. The Morgan fingerprint density at radius 2 is 1.85 bits per heavy atom. The summed E-state index contributed by atoms with van der Waals surface area (Å²) in [6.45, 7) is 4.67. The maximum absolute atomic E-state index is 13.5. The molecule has 0 radical (unpaired) electrons. The molecule has 0 atom stereocenters. The number of carbonyl (C=O) groups excluding carboxylic acids is 1. The second kappa shape index (κ2) is 8.81. The zero-order chi connectivity index (χ0) is 22.8. The molecule has 33 heavy (non-hydrogen) atoms. The zero-order valence-corrected chi connectivity index (χ0v) is 18.1. The first-order chi connectivity index (χ1) is 16.1. The molecule has 168 valence electrons. The average Bonchev–Trinajstić information content (AvgIpc) is 3.29. The second-order valence-electron chi connectivity index (χ2n) is 7.59. The van der Waals surface area contributed by atoms with Crippen LogP contribution in [0, 0.1) is 5.82 Å². The van der Waals surface area contributed by atoms with E-state index in [1.165, 1.54) is 18.5 Å². The van der Waals surface area contributed by atoms with Crippen LogP contribution in [-0.2, 0) is 0 Å². The molecule has 0 N–H and O–H groups in total. The summed E-state index contributed by atoms with van der Waals surface area (Å²) in [4.78, 5) is 25.3. The largest absolute Gasteiger partial charge is 0.494 e. The Kier molecular flexibility index (Phi) is 5.55. The van der Waals surface area contributed by atoms with E-state index in [4.69, 9.17) is 4.74 Å². The molecule has 2 aromatic heterocycles. The Balaban J connectivity index is 1.34. The van der Waals surface area contributed by atoms with Crippen molar-refractivity contribution in [2.45, 2.75) is 6.92 Å². The number of ether oxygens (including phenoxy) is 1. The van der Waals surface area contributed by atoms with Gasteiger partial charge < -0.3 is 14.5 Å². The summed E-state index contributed by atoms with van der Waals surface area (Å²) >= 11 is 0. The summed E-state index contributed by atoms with van der Waals surface area (Å²) in [6, 6.07) is 13.3. The third-order valence-electron chi connectivity index (χ3n) is 5.55. The minimum atomic E-state index is -0.418. The minimum Gasteiger partial charge on any atom is -0.494 e. The number of rotatable bonds is 5. The maximum atomic E-state index is 13.5. The normalized spacial score (nSPS) is 14.0. The summed E-state index contributed by atoms with van der Waals surface area (Å²) in [5.41, 5.74) is 2.36. The molecular weight excluding hydrogens is 425 g/mol.